The second-order valence-corrected chi connectivity index (χ2v) is 2.48. The molecule has 0 bridgehead atoms. The molecule has 0 aromatic rings. The molecule has 1 atom stereocenters. The minimum atomic E-state index is 0.479. The van der Waals surface area contributed by atoms with Crippen molar-refractivity contribution in [2.24, 2.45) is 5.92 Å². The molecule has 0 radical (unpaired) electrons. The summed E-state index contributed by atoms with van der Waals surface area (Å²) in [5.41, 5.74) is 0. The third-order valence-electron chi connectivity index (χ3n) is 1.52. The quantitative estimate of drug-likeness (QED) is 0.423. The Labute approximate surface area is 63.1 Å². The largest absolute Gasteiger partial charge is 0.303 e. The number of carbonyl (C=O) groups excluding carboxylic acids is 1. The molecule has 0 N–H and O–H groups in total. The summed E-state index contributed by atoms with van der Waals surface area (Å²) in [7, 11) is 0. The molecule has 0 aliphatic carbocycles. The summed E-state index contributed by atoms with van der Waals surface area (Å²) in [5, 5.41) is 0. The SMILES string of the molecule is CC=CC(CC=O)CCC. The van der Waals surface area contributed by atoms with Crippen molar-refractivity contribution >= 4 is 6.29 Å². The Balaban J connectivity index is 3.60. The van der Waals surface area contributed by atoms with E-state index in [1.165, 1.54) is 0 Å². The van der Waals surface area contributed by atoms with E-state index in [-0.39, 0.29) is 0 Å². The van der Waals surface area contributed by atoms with E-state index in [0.717, 1.165) is 19.1 Å². The molecule has 1 heteroatoms. The Morgan fingerprint density at radius 3 is 2.60 bits per heavy atom. The maximum Gasteiger partial charge on any atom is 0.120 e. The molecule has 1 nitrogen and oxygen atoms in total. The standard InChI is InChI=1S/C9H16O/c1-3-5-9(6-4-2)7-8-10/h3,5,8-9H,4,6-7H2,1-2H3. The van der Waals surface area contributed by atoms with Gasteiger partial charge in [-0.3, -0.25) is 0 Å². The number of carbonyl (C=O) groups is 1. The highest BCUT2D eigenvalue weighted by Gasteiger charge is 2.00. The third kappa shape index (κ3) is 4.30. The van der Waals surface area contributed by atoms with Crippen molar-refractivity contribution in [2.45, 2.75) is 33.1 Å². The van der Waals surface area contributed by atoms with Crippen molar-refractivity contribution in [3.8, 4) is 0 Å². The second kappa shape index (κ2) is 6.53. The molecule has 0 aromatic heterocycles. The van der Waals surface area contributed by atoms with Gasteiger partial charge in [0.05, 0.1) is 0 Å². The van der Waals surface area contributed by atoms with Crippen LogP contribution in [0.25, 0.3) is 0 Å². The van der Waals surface area contributed by atoms with Gasteiger partial charge >= 0.3 is 0 Å². The molecule has 0 aliphatic heterocycles. The fourth-order valence-corrected chi connectivity index (χ4v) is 1.06. The number of allylic oxidation sites excluding steroid dienone is 2. The summed E-state index contributed by atoms with van der Waals surface area (Å²) in [4.78, 5) is 10.1. The average Bonchev–Trinajstić information content (AvgIpc) is 1.90. The van der Waals surface area contributed by atoms with Crippen molar-refractivity contribution < 1.29 is 4.79 Å². The van der Waals surface area contributed by atoms with Gasteiger partial charge in [0.1, 0.15) is 6.29 Å². The van der Waals surface area contributed by atoms with Crippen LogP contribution in [0.4, 0.5) is 0 Å². The van der Waals surface area contributed by atoms with Gasteiger partial charge in [0.25, 0.3) is 0 Å². The molecule has 0 rings (SSSR count). The fourth-order valence-electron chi connectivity index (χ4n) is 1.06. The van der Waals surface area contributed by atoms with Crippen LogP contribution in [0, 0.1) is 5.92 Å². The first-order valence-electron chi connectivity index (χ1n) is 3.91. The summed E-state index contributed by atoms with van der Waals surface area (Å²) >= 11 is 0. The van der Waals surface area contributed by atoms with Crippen molar-refractivity contribution in [3.63, 3.8) is 0 Å². The molecule has 0 amide bonds. The highest BCUT2D eigenvalue weighted by atomic mass is 16.1. The molecular weight excluding hydrogens is 124 g/mol. The van der Waals surface area contributed by atoms with Crippen LogP contribution in [-0.2, 0) is 4.79 Å². The zero-order chi connectivity index (χ0) is 7.82. The van der Waals surface area contributed by atoms with Crippen molar-refractivity contribution in [1.82, 2.24) is 0 Å². The van der Waals surface area contributed by atoms with Crippen LogP contribution in [-0.4, -0.2) is 6.29 Å². The molecule has 58 valence electrons. The van der Waals surface area contributed by atoms with E-state index < -0.39 is 0 Å². The summed E-state index contributed by atoms with van der Waals surface area (Å²) in [6.07, 6.45) is 8.09. The molecule has 10 heavy (non-hydrogen) atoms. The minimum absolute atomic E-state index is 0.479. The topological polar surface area (TPSA) is 17.1 Å². The zero-order valence-corrected chi connectivity index (χ0v) is 6.84. The molecule has 0 spiro atoms. The molecule has 1 unspecified atom stereocenters. The Kier molecular flexibility index (Phi) is 6.14. The summed E-state index contributed by atoms with van der Waals surface area (Å²) in [6, 6.07) is 0. The molecule has 0 saturated carbocycles. The fraction of sp³-hybridized carbons (Fsp3) is 0.667. The first-order chi connectivity index (χ1) is 4.85. The van der Waals surface area contributed by atoms with Crippen LogP contribution in [0.15, 0.2) is 12.2 Å². The first kappa shape index (κ1) is 9.41. The van der Waals surface area contributed by atoms with Crippen LogP contribution in [0.5, 0.6) is 0 Å². The lowest BCUT2D eigenvalue weighted by Gasteiger charge is -2.04. The van der Waals surface area contributed by atoms with Gasteiger partial charge in [-0.05, 0) is 19.3 Å². The van der Waals surface area contributed by atoms with Crippen molar-refractivity contribution in [3.05, 3.63) is 12.2 Å². The van der Waals surface area contributed by atoms with Gasteiger partial charge in [-0.2, -0.15) is 0 Å². The highest BCUT2D eigenvalue weighted by Crippen LogP contribution is 2.10. The van der Waals surface area contributed by atoms with E-state index in [9.17, 15) is 4.79 Å². The molecular formula is C9H16O. The smallest absolute Gasteiger partial charge is 0.120 e. The van der Waals surface area contributed by atoms with E-state index in [2.05, 4.69) is 13.0 Å². The van der Waals surface area contributed by atoms with Gasteiger partial charge in [0.2, 0.25) is 0 Å². The van der Waals surface area contributed by atoms with Gasteiger partial charge in [0.15, 0.2) is 0 Å². The zero-order valence-electron chi connectivity index (χ0n) is 6.84. The summed E-state index contributed by atoms with van der Waals surface area (Å²) < 4.78 is 0. The first-order valence-corrected chi connectivity index (χ1v) is 3.91. The number of rotatable bonds is 5. The maximum absolute atomic E-state index is 10.1. The van der Waals surface area contributed by atoms with E-state index in [4.69, 9.17) is 0 Å². The number of aldehydes is 1. The van der Waals surface area contributed by atoms with Crippen molar-refractivity contribution in [1.29, 1.82) is 0 Å². The molecule has 0 fully saturated rings. The van der Waals surface area contributed by atoms with Crippen LogP contribution < -0.4 is 0 Å². The third-order valence-corrected chi connectivity index (χ3v) is 1.52. The highest BCUT2D eigenvalue weighted by molar-refractivity contribution is 5.50. The van der Waals surface area contributed by atoms with E-state index in [0.29, 0.717) is 12.3 Å². The second-order valence-electron chi connectivity index (χ2n) is 2.48. The predicted octanol–water partition coefficient (Wildman–Crippen LogP) is 2.57. The number of hydrogen-bond donors (Lipinski definition) is 0. The average molecular weight is 140 g/mol. The van der Waals surface area contributed by atoms with Crippen molar-refractivity contribution in [2.75, 3.05) is 0 Å². The van der Waals surface area contributed by atoms with Crippen LogP contribution >= 0.6 is 0 Å². The summed E-state index contributed by atoms with van der Waals surface area (Å²) in [6.45, 7) is 4.13. The Morgan fingerprint density at radius 2 is 2.20 bits per heavy atom. The lowest BCUT2D eigenvalue weighted by Crippen LogP contribution is -1.95. The van der Waals surface area contributed by atoms with Gasteiger partial charge in [0, 0.05) is 6.42 Å². The molecule has 0 saturated heterocycles. The van der Waals surface area contributed by atoms with E-state index >= 15 is 0 Å². The van der Waals surface area contributed by atoms with Gasteiger partial charge in [-0.1, -0.05) is 25.5 Å². The van der Waals surface area contributed by atoms with Gasteiger partial charge in [-0.25, -0.2) is 0 Å². The summed E-state index contributed by atoms with van der Waals surface area (Å²) in [5.74, 6) is 0.479. The van der Waals surface area contributed by atoms with Crippen LogP contribution in [0.3, 0.4) is 0 Å². The van der Waals surface area contributed by atoms with Gasteiger partial charge in [-0.15, -0.1) is 0 Å². The monoisotopic (exact) mass is 140 g/mol. The predicted molar refractivity (Wildman–Crippen MR) is 43.9 cm³/mol. The lowest BCUT2D eigenvalue weighted by molar-refractivity contribution is -0.108. The Bertz CT molecular complexity index is 105. The molecule has 0 aliphatic rings. The normalized spacial score (nSPS) is 13.8. The molecule has 0 heterocycles. The number of hydrogen-bond acceptors (Lipinski definition) is 1. The van der Waals surface area contributed by atoms with Gasteiger partial charge < -0.3 is 4.79 Å². The minimum Gasteiger partial charge on any atom is -0.303 e. The Morgan fingerprint density at radius 1 is 1.50 bits per heavy atom. The van der Waals surface area contributed by atoms with Crippen LogP contribution in [0.1, 0.15) is 33.1 Å². The van der Waals surface area contributed by atoms with E-state index in [1.807, 2.05) is 13.0 Å². The Hall–Kier alpha value is -0.590. The van der Waals surface area contributed by atoms with E-state index in [1.54, 1.807) is 0 Å². The van der Waals surface area contributed by atoms with Crippen LogP contribution in [0.2, 0.25) is 0 Å². The maximum atomic E-state index is 10.1. The lowest BCUT2D eigenvalue weighted by atomic mass is 10.0. The molecule has 0 aromatic carbocycles.